The molecule has 0 aliphatic heterocycles. The number of hydrogen-bond acceptors (Lipinski definition) is 6. The highest BCUT2D eigenvalue weighted by Crippen LogP contribution is 2.38. The number of carbonyl (C=O) groups is 1. The van der Waals surface area contributed by atoms with E-state index in [1.54, 1.807) is 36.6 Å². The van der Waals surface area contributed by atoms with E-state index in [0.29, 0.717) is 21.5 Å². The first kappa shape index (κ1) is 22.9. The molecule has 1 aliphatic carbocycles. The molecule has 0 N–H and O–H groups in total. The molecular weight excluding hydrogens is 455 g/mol. The predicted molar refractivity (Wildman–Crippen MR) is 118 cm³/mol. The summed E-state index contributed by atoms with van der Waals surface area (Å²) in [5.74, 6) is -1.22. The first-order valence-electron chi connectivity index (χ1n) is 10.3. The highest BCUT2D eigenvalue weighted by molar-refractivity contribution is 7.09. The number of fused-ring (bicyclic) bond motifs is 1. The summed E-state index contributed by atoms with van der Waals surface area (Å²) in [6, 6.07) is 5.84. The van der Waals surface area contributed by atoms with Crippen LogP contribution in [0.25, 0.3) is 10.8 Å². The second-order valence-electron chi connectivity index (χ2n) is 7.46. The van der Waals surface area contributed by atoms with Gasteiger partial charge in [0.15, 0.2) is 0 Å². The Balaban J connectivity index is 1.90. The molecule has 0 amide bonds. The fraction of sp³-hybridized carbons (Fsp3) is 0.304. The Bertz CT molecular complexity index is 1280. The Kier molecular flexibility index (Phi) is 6.46. The fourth-order valence-corrected chi connectivity index (χ4v) is 4.70. The molecule has 0 saturated carbocycles. The van der Waals surface area contributed by atoms with Gasteiger partial charge in [-0.15, -0.1) is 11.3 Å². The zero-order valence-corrected chi connectivity index (χ0v) is 18.4. The van der Waals surface area contributed by atoms with Gasteiger partial charge in [0.2, 0.25) is 0 Å². The molecule has 10 heteroatoms. The van der Waals surface area contributed by atoms with Gasteiger partial charge in [0.05, 0.1) is 29.7 Å². The van der Waals surface area contributed by atoms with Gasteiger partial charge < -0.3 is 4.74 Å². The highest BCUT2D eigenvalue weighted by atomic mass is 32.1. The Morgan fingerprint density at radius 1 is 1.30 bits per heavy atom. The zero-order valence-electron chi connectivity index (χ0n) is 17.6. The fourth-order valence-electron chi connectivity index (χ4n) is 3.91. The van der Waals surface area contributed by atoms with E-state index in [2.05, 4.69) is 10.1 Å². The normalized spacial score (nSPS) is 17.1. The number of hydrogen-bond donors (Lipinski definition) is 0. The first-order valence-corrected chi connectivity index (χ1v) is 11.2. The van der Waals surface area contributed by atoms with Gasteiger partial charge in [-0.1, -0.05) is 36.4 Å². The molecule has 172 valence electrons. The molecule has 3 aromatic rings. The topological polar surface area (TPSA) is 74.1 Å². The lowest BCUT2D eigenvalue weighted by atomic mass is 9.89. The summed E-state index contributed by atoms with van der Waals surface area (Å²) >= 11 is 1.23. The monoisotopic (exact) mass is 475 g/mol. The number of alkyl halides is 3. The van der Waals surface area contributed by atoms with E-state index >= 15 is 0 Å². The van der Waals surface area contributed by atoms with Gasteiger partial charge >= 0.3 is 12.1 Å². The third-order valence-corrected chi connectivity index (χ3v) is 6.17. The van der Waals surface area contributed by atoms with E-state index in [4.69, 9.17) is 4.74 Å². The first-order chi connectivity index (χ1) is 15.8. The number of carbonyl (C=O) groups excluding carboxylic acids is 1. The molecule has 2 heterocycles. The minimum Gasteiger partial charge on any atom is -0.466 e. The van der Waals surface area contributed by atoms with E-state index < -0.39 is 35.2 Å². The average Bonchev–Trinajstić information content (AvgIpc) is 3.31. The Hall–Kier alpha value is -3.27. The maximum atomic E-state index is 13.5. The average molecular weight is 475 g/mol. The van der Waals surface area contributed by atoms with Gasteiger partial charge in [0.1, 0.15) is 11.0 Å². The van der Waals surface area contributed by atoms with Crippen LogP contribution >= 0.6 is 11.3 Å². The summed E-state index contributed by atoms with van der Waals surface area (Å²) in [5, 5.41) is 7.45. The quantitative estimate of drug-likeness (QED) is 0.487. The highest BCUT2D eigenvalue weighted by Gasteiger charge is 2.37. The van der Waals surface area contributed by atoms with Crippen LogP contribution in [0.4, 0.5) is 13.2 Å². The number of rotatable bonds is 6. The lowest BCUT2D eigenvalue weighted by Crippen LogP contribution is -2.34. The van der Waals surface area contributed by atoms with Crippen molar-refractivity contribution in [3.63, 3.8) is 0 Å². The van der Waals surface area contributed by atoms with Crippen molar-refractivity contribution in [2.24, 2.45) is 5.92 Å². The van der Waals surface area contributed by atoms with E-state index in [1.807, 2.05) is 0 Å². The van der Waals surface area contributed by atoms with Crippen LogP contribution < -0.4 is 5.56 Å². The predicted octanol–water partition coefficient (Wildman–Crippen LogP) is 4.61. The molecule has 1 aliphatic rings. The molecule has 2 unspecified atom stereocenters. The van der Waals surface area contributed by atoms with Crippen molar-refractivity contribution >= 4 is 28.1 Å². The summed E-state index contributed by atoms with van der Waals surface area (Å²) in [6.45, 7) is 1.88. The third kappa shape index (κ3) is 4.75. The van der Waals surface area contributed by atoms with E-state index in [-0.39, 0.29) is 19.4 Å². The van der Waals surface area contributed by atoms with E-state index in [0.717, 1.165) is 12.2 Å². The number of ether oxygens (including phenoxy) is 1. The molecule has 6 nitrogen and oxygen atoms in total. The number of esters is 1. The van der Waals surface area contributed by atoms with Crippen molar-refractivity contribution in [3.05, 3.63) is 80.7 Å². The third-order valence-electron chi connectivity index (χ3n) is 5.32. The lowest BCUT2D eigenvalue weighted by molar-refractivity contribution is -0.142. The van der Waals surface area contributed by atoms with Crippen molar-refractivity contribution in [1.82, 2.24) is 14.8 Å². The zero-order chi connectivity index (χ0) is 23.6. The molecule has 0 fully saturated rings. The minimum absolute atomic E-state index is 0.173. The summed E-state index contributed by atoms with van der Waals surface area (Å²) in [4.78, 5) is 29.9. The molecule has 0 radical (unpaired) electrons. The summed E-state index contributed by atoms with van der Waals surface area (Å²) in [5.41, 5.74) is -0.924. The van der Waals surface area contributed by atoms with Crippen molar-refractivity contribution in [2.75, 3.05) is 6.61 Å². The number of nitrogens with zero attached hydrogens (tertiary/aromatic N) is 3. The van der Waals surface area contributed by atoms with Gasteiger partial charge in [0, 0.05) is 22.9 Å². The van der Waals surface area contributed by atoms with Crippen molar-refractivity contribution in [3.8, 4) is 0 Å². The van der Waals surface area contributed by atoms with Gasteiger partial charge in [-0.3, -0.25) is 9.59 Å². The standard InChI is InChI=1S/C23H20F3N3O3S/c1-2-32-19(30)13-18-16-8-3-4-9-17(16)22(31)29(28-18)20(21-27-10-11-33-21)14-6-5-7-15(12-14)23(24,25)26/h3-5,7-12,14,20H,2,6,13H2,1H3. The molecule has 0 spiro atoms. The smallest absolute Gasteiger partial charge is 0.416 e. The lowest BCUT2D eigenvalue weighted by Gasteiger charge is -2.27. The van der Waals surface area contributed by atoms with Gasteiger partial charge in [-0.25, -0.2) is 9.67 Å². The van der Waals surface area contributed by atoms with Crippen LogP contribution in [0.1, 0.15) is 30.1 Å². The molecule has 1 aromatic carbocycles. The molecule has 0 bridgehead atoms. The van der Waals surface area contributed by atoms with Crippen LogP contribution in [0.5, 0.6) is 0 Å². The molecule has 2 aromatic heterocycles. The second-order valence-corrected chi connectivity index (χ2v) is 8.39. The largest absolute Gasteiger partial charge is 0.466 e. The summed E-state index contributed by atoms with van der Waals surface area (Å²) < 4.78 is 46.5. The summed E-state index contributed by atoms with van der Waals surface area (Å²) in [7, 11) is 0. The number of benzene rings is 1. The molecule has 33 heavy (non-hydrogen) atoms. The van der Waals surface area contributed by atoms with Crippen molar-refractivity contribution in [1.29, 1.82) is 0 Å². The van der Waals surface area contributed by atoms with Crippen molar-refractivity contribution < 1.29 is 22.7 Å². The summed E-state index contributed by atoms with van der Waals surface area (Å²) in [6.07, 6.45) is 0.731. The van der Waals surface area contributed by atoms with Crippen LogP contribution in [-0.4, -0.2) is 33.5 Å². The molecule has 4 rings (SSSR count). The van der Waals surface area contributed by atoms with Gasteiger partial charge in [0.25, 0.3) is 5.56 Å². The second kappa shape index (κ2) is 9.30. The van der Waals surface area contributed by atoms with Gasteiger partial charge in [-0.05, 0) is 19.4 Å². The van der Waals surface area contributed by atoms with Crippen LogP contribution in [0, 0.1) is 5.92 Å². The Labute approximate surface area is 191 Å². The number of halogens is 3. The Morgan fingerprint density at radius 2 is 2.06 bits per heavy atom. The van der Waals surface area contributed by atoms with Crippen LogP contribution in [0.2, 0.25) is 0 Å². The van der Waals surface area contributed by atoms with Crippen LogP contribution in [0.15, 0.2) is 64.4 Å². The molecular formula is C23H20F3N3O3S. The van der Waals surface area contributed by atoms with Crippen LogP contribution in [0.3, 0.4) is 0 Å². The van der Waals surface area contributed by atoms with Gasteiger partial charge in [-0.2, -0.15) is 18.3 Å². The molecule has 0 saturated heterocycles. The minimum atomic E-state index is -4.51. The molecule has 2 atom stereocenters. The number of allylic oxidation sites excluding steroid dienone is 4. The van der Waals surface area contributed by atoms with E-state index in [9.17, 15) is 22.8 Å². The maximum absolute atomic E-state index is 13.5. The van der Waals surface area contributed by atoms with Crippen molar-refractivity contribution in [2.45, 2.75) is 32.0 Å². The maximum Gasteiger partial charge on any atom is 0.416 e. The Morgan fingerprint density at radius 3 is 2.73 bits per heavy atom. The number of aromatic nitrogens is 3. The number of thiazole rings is 1. The SMILES string of the molecule is CCOC(=O)Cc1nn(C(c2nccs2)C2C=C(C(F)(F)F)C=CC2)c(=O)c2ccccc12. The van der Waals surface area contributed by atoms with E-state index in [1.165, 1.54) is 28.3 Å². The van der Waals surface area contributed by atoms with Crippen LogP contribution in [-0.2, 0) is 16.0 Å².